The van der Waals surface area contributed by atoms with E-state index in [1.54, 1.807) is 7.11 Å². The van der Waals surface area contributed by atoms with Crippen molar-refractivity contribution in [2.75, 3.05) is 33.5 Å². The molecule has 0 fully saturated rings. The van der Waals surface area contributed by atoms with Crippen molar-refractivity contribution in [1.82, 2.24) is 0 Å². The Bertz CT molecular complexity index is 564. The molecule has 0 aliphatic carbocycles. The molecule has 21 heavy (non-hydrogen) atoms. The number of furan rings is 1. The third kappa shape index (κ3) is 5.84. The number of sulfonamides is 1. The van der Waals surface area contributed by atoms with E-state index >= 15 is 0 Å². The number of rotatable bonds is 9. The van der Waals surface area contributed by atoms with Gasteiger partial charge in [0, 0.05) is 26.2 Å². The second-order valence-corrected chi connectivity index (χ2v) is 5.70. The van der Waals surface area contributed by atoms with Crippen LogP contribution in [0, 0.1) is 6.92 Å². The van der Waals surface area contributed by atoms with E-state index in [0.29, 0.717) is 26.2 Å². The molecule has 0 spiro atoms. The summed E-state index contributed by atoms with van der Waals surface area (Å²) in [4.78, 5) is 11.4. The Morgan fingerprint density at radius 3 is 2.57 bits per heavy atom. The maximum absolute atomic E-state index is 11.7. The number of hydrogen-bond donors (Lipinski definition) is 1. The molecule has 0 aliphatic rings. The smallest absolute Gasteiger partial charge is 0.374 e. The van der Waals surface area contributed by atoms with E-state index in [4.69, 9.17) is 23.8 Å². The largest absolute Gasteiger partial charge is 0.460 e. The van der Waals surface area contributed by atoms with Gasteiger partial charge in [-0.05, 0) is 6.92 Å². The van der Waals surface area contributed by atoms with E-state index in [0.717, 1.165) is 6.07 Å². The first-order chi connectivity index (χ1) is 9.86. The zero-order chi connectivity index (χ0) is 15.9. The SMILES string of the molecule is COCCOCCCOC(=O)c1cc(S(N)(=O)=O)c(C)o1. The predicted molar refractivity (Wildman–Crippen MR) is 72.4 cm³/mol. The van der Waals surface area contributed by atoms with Crippen LogP contribution >= 0.6 is 0 Å². The maximum Gasteiger partial charge on any atom is 0.374 e. The molecule has 1 aromatic rings. The monoisotopic (exact) mass is 321 g/mol. The Balaban J connectivity index is 2.40. The lowest BCUT2D eigenvalue weighted by atomic mass is 10.4. The fraction of sp³-hybridized carbons (Fsp3) is 0.583. The summed E-state index contributed by atoms with van der Waals surface area (Å²) >= 11 is 0. The lowest BCUT2D eigenvalue weighted by Gasteiger charge is -2.04. The number of aryl methyl sites for hydroxylation is 1. The first-order valence-electron chi connectivity index (χ1n) is 6.23. The summed E-state index contributed by atoms with van der Waals surface area (Å²) in [7, 11) is -2.34. The van der Waals surface area contributed by atoms with Crippen LogP contribution in [0.5, 0.6) is 0 Å². The Morgan fingerprint density at radius 2 is 2.00 bits per heavy atom. The van der Waals surface area contributed by atoms with Crippen LogP contribution in [0.3, 0.4) is 0 Å². The summed E-state index contributed by atoms with van der Waals surface area (Å²) in [5, 5.41) is 4.98. The zero-order valence-corrected chi connectivity index (χ0v) is 12.8. The van der Waals surface area contributed by atoms with Gasteiger partial charge in [0.2, 0.25) is 15.8 Å². The van der Waals surface area contributed by atoms with Gasteiger partial charge in [-0.25, -0.2) is 18.4 Å². The third-order valence-electron chi connectivity index (χ3n) is 2.48. The van der Waals surface area contributed by atoms with E-state index < -0.39 is 16.0 Å². The lowest BCUT2D eigenvalue weighted by Crippen LogP contribution is -2.12. The number of primary sulfonamides is 1. The van der Waals surface area contributed by atoms with E-state index in [2.05, 4.69) is 0 Å². The van der Waals surface area contributed by atoms with Crippen molar-refractivity contribution in [2.24, 2.45) is 5.14 Å². The molecule has 1 heterocycles. The lowest BCUT2D eigenvalue weighted by molar-refractivity contribution is 0.0358. The van der Waals surface area contributed by atoms with Gasteiger partial charge in [-0.15, -0.1) is 0 Å². The first kappa shape index (κ1) is 17.6. The minimum Gasteiger partial charge on any atom is -0.460 e. The molecule has 0 bridgehead atoms. The Kier molecular flexibility index (Phi) is 6.82. The second-order valence-electron chi connectivity index (χ2n) is 4.17. The number of esters is 1. The van der Waals surface area contributed by atoms with Crippen LogP contribution in [0.25, 0.3) is 0 Å². The molecule has 8 nitrogen and oxygen atoms in total. The molecule has 1 rings (SSSR count). The van der Waals surface area contributed by atoms with Crippen molar-refractivity contribution >= 4 is 16.0 Å². The molecule has 120 valence electrons. The molecule has 0 aliphatic heterocycles. The van der Waals surface area contributed by atoms with Crippen molar-refractivity contribution in [3.63, 3.8) is 0 Å². The van der Waals surface area contributed by atoms with Crippen LogP contribution < -0.4 is 5.14 Å². The second kappa shape index (κ2) is 8.13. The van der Waals surface area contributed by atoms with Crippen molar-refractivity contribution in [3.05, 3.63) is 17.6 Å². The van der Waals surface area contributed by atoms with Gasteiger partial charge in [0.1, 0.15) is 10.7 Å². The summed E-state index contributed by atoms with van der Waals surface area (Å²) in [6.07, 6.45) is 0.511. The zero-order valence-electron chi connectivity index (χ0n) is 12.0. The number of hydrogen-bond acceptors (Lipinski definition) is 7. The van der Waals surface area contributed by atoms with E-state index in [-0.39, 0.29) is 23.0 Å². The van der Waals surface area contributed by atoms with Crippen molar-refractivity contribution in [3.8, 4) is 0 Å². The highest BCUT2D eigenvalue weighted by atomic mass is 32.2. The number of ether oxygens (including phenoxy) is 3. The molecular weight excluding hydrogens is 302 g/mol. The van der Waals surface area contributed by atoms with E-state index in [1.807, 2.05) is 0 Å². The average molecular weight is 321 g/mol. The number of carbonyl (C=O) groups excluding carboxylic acids is 1. The van der Waals surface area contributed by atoms with Crippen molar-refractivity contribution in [1.29, 1.82) is 0 Å². The highest BCUT2D eigenvalue weighted by Crippen LogP contribution is 2.19. The molecule has 1 aromatic heterocycles. The molecule has 0 unspecified atom stereocenters. The summed E-state index contributed by atoms with van der Waals surface area (Å²) < 4.78 is 42.4. The van der Waals surface area contributed by atoms with Gasteiger partial charge in [-0.2, -0.15) is 0 Å². The molecular formula is C12H19NO7S. The van der Waals surface area contributed by atoms with E-state index in [1.165, 1.54) is 6.92 Å². The summed E-state index contributed by atoms with van der Waals surface area (Å²) in [6.45, 7) is 2.94. The highest BCUT2D eigenvalue weighted by Gasteiger charge is 2.21. The molecule has 0 amide bonds. The standard InChI is InChI=1S/C12H19NO7S/c1-9-11(21(13,15)16)8-10(20-9)12(14)19-5-3-4-18-7-6-17-2/h8H,3-7H2,1-2H3,(H2,13,15,16). The van der Waals surface area contributed by atoms with Gasteiger partial charge >= 0.3 is 5.97 Å². The van der Waals surface area contributed by atoms with Gasteiger partial charge < -0.3 is 18.6 Å². The third-order valence-corrected chi connectivity index (χ3v) is 3.50. The van der Waals surface area contributed by atoms with Crippen LogP contribution in [0.2, 0.25) is 0 Å². The number of carbonyl (C=O) groups is 1. The van der Waals surface area contributed by atoms with Gasteiger partial charge in [-0.3, -0.25) is 0 Å². The average Bonchev–Trinajstić information content (AvgIpc) is 2.79. The molecule has 2 N–H and O–H groups in total. The van der Waals surface area contributed by atoms with Crippen LogP contribution in [0.15, 0.2) is 15.4 Å². The van der Waals surface area contributed by atoms with Crippen molar-refractivity contribution < 1.29 is 31.8 Å². The molecule has 9 heteroatoms. The van der Waals surface area contributed by atoms with Gasteiger partial charge in [0.15, 0.2) is 0 Å². The maximum atomic E-state index is 11.7. The van der Waals surface area contributed by atoms with Crippen LogP contribution in [0.4, 0.5) is 0 Å². The Labute approximate surface area is 123 Å². The van der Waals surface area contributed by atoms with Crippen LogP contribution in [0.1, 0.15) is 22.7 Å². The van der Waals surface area contributed by atoms with Gasteiger partial charge in [0.05, 0.1) is 19.8 Å². The Hall–Kier alpha value is -1.42. The fourth-order valence-corrected chi connectivity index (χ4v) is 2.20. The van der Waals surface area contributed by atoms with Crippen LogP contribution in [-0.4, -0.2) is 47.9 Å². The van der Waals surface area contributed by atoms with Crippen molar-refractivity contribution in [2.45, 2.75) is 18.2 Å². The predicted octanol–water partition coefficient (Wildman–Crippen LogP) is 0.445. The minimum absolute atomic E-state index is 0.0485. The summed E-state index contributed by atoms with van der Waals surface area (Å²) in [5.41, 5.74) is 0. The van der Waals surface area contributed by atoms with Crippen LogP contribution in [-0.2, 0) is 24.2 Å². The fourth-order valence-electron chi connectivity index (χ4n) is 1.49. The summed E-state index contributed by atoms with van der Waals surface area (Å²) in [6, 6.07) is 1.06. The highest BCUT2D eigenvalue weighted by molar-refractivity contribution is 7.89. The number of nitrogens with two attached hydrogens (primary N) is 1. The topological polar surface area (TPSA) is 118 Å². The van der Waals surface area contributed by atoms with Gasteiger partial charge in [0.25, 0.3) is 0 Å². The molecule has 0 aromatic carbocycles. The first-order valence-corrected chi connectivity index (χ1v) is 7.78. The minimum atomic E-state index is -3.92. The molecule has 0 atom stereocenters. The summed E-state index contributed by atoms with van der Waals surface area (Å²) in [5.74, 6) is -0.894. The van der Waals surface area contributed by atoms with Gasteiger partial charge in [-0.1, -0.05) is 0 Å². The normalized spacial score (nSPS) is 11.6. The number of methoxy groups -OCH3 is 1. The Morgan fingerprint density at radius 1 is 1.29 bits per heavy atom. The molecule has 0 radical (unpaired) electrons. The quantitative estimate of drug-likeness (QED) is 0.518. The molecule has 0 saturated carbocycles. The molecule has 0 saturated heterocycles. The van der Waals surface area contributed by atoms with E-state index in [9.17, 15) is 13.2 Å².